The Balaban J connectivity index is 2.58. The first-order chi connectivity index (χ1) is 3.84. The van der Waals surface area contributed by atoms with E-state index in [0.29, 0.717) is 6.61 Å². The molecule has 0 radical (unpaired) electrons. The molecular formula is C6H11NO. The summed E-state index contributed by atoms with van der Waals surface area (Å²) < 4.78 is 5.06. The van der Waals surface area contributed by atoms with Crippen LogP contribution in [-0.4, -0.2) is 13.2 Å². The van der Waals surface area contributed by atoms with Gasteiger partial charge in [0.1, 0.15) is 0 Å². The van der Waals surface area contributed by atoms with Gasteiger partial charge in [-0.05, 0) is 12.0 Å². The van der Waals surface area contributed by atoms with Crippen molar-refractivity contribution in [2.24, 2.45) is 5.73 Å². The van der Waals surface area contributed by atoms with Gasteiger partial charge in [0, 0.05) is 5.70 Å². The smallest absolute Gasteiger partial charge is 0.0865 e. The molecule has 8 heavy (non-hydrogen) atoms. The second kappa shape index (κ2) is 2.18. The summed E-state index contributed by atoms with van der Waals surface area (Å²) in [6.45, 7) is 3.49. The van der Waals surface area contributed by atoms with Crippen molar-refractivity contribution in [2.75, 3.05) is 13.2 Å². The van der Waals surface area contributed by atoms with Crippen molar-refractivity contribution in [3.05, 3.63) is 11.3 Å². The Bertz CT molecular complexity index is 118. The molecule has 1 aliphatic heterocycles. The lowest BCUT2D eigenvalue weighted by atomic mass is 10.2. The first kappa shape index (κ1) is 5.63. The van der Waals surface area contributed by atoms with Crippen molar-refractivity contribution in [3.63, 3.8) is 0 Å². The second-order valence-corrected chi connectivity index (χ2v) is 1.98. The quantitative estimate of drug-likeness (QED) is 0.541. The van der Waals surface area contributed by atoms with Crippen LogP contribution in [0, 0.1) is 0 Å². The maximum absolute atomic E-state index is 5.54. The monoisotopic (exact) mass is 113 g/mol. The SMILES string of the molecule is CCC1=C(N)COC1. The fourth-order valence-corrected chi connectivity index (χ4v) is 0.808. The number of hydrogen-bond acceptors (Lipinski definition) is 2. The summed E-state index contributed by atoms with van der Waals surface area (Å²) in [5.74, 6) is 0. The standard InChI is InChI=1S/C6H11NO/c1-2-5-3-8-4-6(5)7/h2-4,7H2,1H3. The molecule has 0 aromatic heterocycles. The highest BCUT2D eigenvalue weighted by molar-refractivity contribution is 5.15. The summed E-state index contributed by atoms with van der Waals surface area (Å²) in [5, 5.41) is 0. The molecule has 0 saturated heterocycles. The molecule has 0 unspecified atom stereocenters. The van der Waals surface area contributed by atoms with Crippen LogP contribution in [0.5, 0.6) is 0 Å². The van der Waals surface area contributed by atoms with Crippen LogP contribution in [0.2, 0.25) is 0 Å². The van der Waals surface area contributed by atoms with Crippen LogP contribution >= 0.6 is 0 Å². The van der Waals surface area contributed by atoms with Crippen LogP contribution in [-0.2, 0) is 4.74 Å². The van der Waals surface area contributed by atoms with E-state index in [1.54, 1.807) is 0 Å². The molecular weight excluding hydrogens is 102 g/mol. The van der Waals surface area contributed by atoms with Gasteiger partial charge in [-0.2, -0.15) is 0 Å². The highest BCUT2D eigenvalue weighted by atomic mass is 16.5. The first-order valence-corrected chi connectivity index (χ1v) is 2.88. The van der Waals surface area contributed by atoms with Crippen molar-refractivity contribution in [2.45, 2.75) is 13.3 Å². The Kier molecular flexibility index (Phi) is 1.53. The van der Waals surface area contributed by atoms with Gasteiger partial charge in [-0.15, -0.1) is 0 Å². The average molecular weight is 113 g/mol. The number of nitrogens with two attached hydrogens (primary N) is 1. The molecule has 0 spiro atoms. The molecule has 1 rings (SSSR count). The van der Waals surface area contributed by atoms with E-state index in [1.165, 1.54) is 5.57 Å². The molecule has 0 fully saturated rings. The van der Waals surface area contributed by atoms with Crippen molar-refractivity contribution < 1.29 is 4.74 Å². The van der Waals surface area contributed by atoms with Crippen LogP contribution in [0.1, 0.15) is 13.3 Å². The molecule has 0 aromatic carbocycles. The molecule has 0 amide bonds. The Morgan fingerprint density at radius 2 is 2.38 bits per heavy atom. The summed E-state index contributed by atoms with van der Waals surface area (Å²) in [6, 6.07) is 0. The molecule has 2 N–H and O–H groups in total. The normalized spacial score (nSPS) is 20.1. The summed E-state index contributed by atoms with van der Waals surface area (Å²) in [7, 11) is 0. The molecule has 1 heterocycles. The van der Waals surface area contributed by atoms with Gasteiger partial charge in [0.15, 0.2) is 0 Å². The van der Waals surface area contributed by atoms with E-state index in [0.717, 1.165) is 18.7 Å². The minimum Gasteiger partial charge on any atom is -0.400 e. The van der Waals surface area contributed by atoms with Crippen molar-refractivity contribution in [1.29, 1.82) is 0 Å². The van der Waals surface area contributed by atoms with Crippen LogP contribution < -0.4 is 5.73 Å². The molecule has 46 valence electrons. The van der Waals surface area contributed by atoms with Gasteiger partial charge >= 0.3 is 0 Å². The van der Waals surface area contributed by atoms with E-state index >= 15 is 0 Å². The predicted octanol–water partition coefficient (Wildman–Crippen LogP) is 0.639. The van der Waals surface area contributed by atoms with Crippen LogP contribution in [0.4, 0.5) is 0 Å². The zero-order valence-electron chi connectivity index (χ0n) is 5.11. The third kappa shape index (κ3) is 0.842. The maximum atomic E-state index is 5.54. The Morgan fingerprint density at radius 1 is 1.62 bits per heavy atom. The molecule has 2 heteroatoms. The van der Waals surface area contributed by atoms with Gasteiger partial charge < -0.3 is 10.5 Å². The van der Waals surface area contributed by atoms with Crippen LogP contribution in [0.3, 0.4) is 0 Å². The average Bonchev–Trinajstić information content (AvgIpc) is 2.14. The highest BCUT2D eigenvalue weighted by Crippen LogP contribution is 2.11. The van der Waals surface area contributed by atoms with Crippen LogP contribution in [0.25, 0.3) is 0 Å². The minimum atomic E-state index is 0.642. The second-order valence-electron chi connectivity index (χ2n) is 1.98. The lowest BCUT2D eigenvalue weighted by molar-refractivity contribution is 0.203. The molecule has 1 aliphatic rings. The van der Waals surface area contributed by atoms with Crippen molar-refractivity contribution in [1.82, 2.24) is 0 Å². The van der Waals surface area contributed by atoms with E-state index < -0.39 is 0 Å². The lowest BCUT2D eigenvalue weighted by Crippen LogP contribution is -1.99. The zero-order valence-corrected chi connectivity index (χ0v) is 5.11. The van der Waals surface area contributed by atoms with E-state index in [1.807, 2.05) is 0 Å². The molecule has 0 atom stereocenters. The van der Waals surface area contributed by atoms with Crippen molar-refractivity contribution in [3.8, 4) is 0 Å². The van der Waals surface area contributed by atoms with Crippen LogP contribution in [0.15, 0.2) is 11.3 Å². The van der Waals surface area contributed by atoms with Gasteiger partial charge in [-0.25, -0.2) is 0 Å². The largest absolute Gasteiger partial charge is 0.400 e. The summed E-state index contributed by atoms with van der Waals surface area (Å²) in [4.78, 5) is 0. The summed E-state index contributed by atoms with van der Waals surface area (Å²) in [6.07, 6.45) is 1.03. The fraction of sp³-hybridized carbons (Fsp3) is 0.667. The number of hydrogen-bond donors (Lipinski definition) is 1. The topological polar surface area (TPSA) is 35.2 Å². The van der Waals surface area contributed by atoms with E-state index in [4.69, 9.17) is 10.5 Å². The van der Waals surface area contributed by atoms with Gasteiger partial charge in [0.2, 0.25) is 0 Å². The predicted molar refractivity (Wildman–Crippen MR) is 32.3 cm³/mol. The van der Waals surface area contributed by atoms with Gasteiger partial charge in [-0.1, -0.05) is 6.92 Å². The molecule has 0 saturated carbocycles. The summed E-state index contributed by atoms with van der Waals surface area (Å²) in [5.41, 5.74) is 7.75. The number of rotatable bonds is 1. The van der Waals surface area contributed by atoms with Gasteiger partial charge in [-0.3, -0.25) is 0 Å². The molecule has 0 aliphatic carbocycles. The van der Waals surface area contributed by atoms with Gasteiger partial charge in [0.25, 0.3) is 0 Å². The first-order valence-electron chi connectivity index (χ1n) is 2.88. The van der Waals surface area contributed by atoms with E-state index in [2.05, 4.69) is 6.92 Å². The van der Waals surface area contributed by atoms with Crippen molar-refractivity contribution >= 4 is 0 Å². The number of ether oxygens (including phenoxy) is 1. The zero-order chi connectivity index (χ0) is 5.98. The molecule has 0 aromatic rings. The third-order valence-corrected chi connectivity index (χ3v) is 1.41. The Labute approximate surface area is 49.3 Å². The Hall–Kier alpha value is -0.500. The third-order valence-electron chi connectivity index (χ3n) is 1.41. The Morgan fingerprint density at radius 3 is 2.62 bits per heavy atom. The van der Waals surface area contributed by atoms with E-state index in [9.17, 15) is 0 Å². The summed E-state index contributed by atoms with van der Waals surface area (Å²) >= 11 is 0. The lowest BCUT2D eigenvalue weighted by Gasteiger charge is -1.91. The molecule has 0 bridgehead atoms. The van der Waals surface area contributed by atoms with Gasteiger partial charge in [0.05, 0.1) is 13.2 Å². The highest BCUT2D eigenvalue weighted by Gasteiger charge is 2.08. The molecule has 2 nitrogen and oxygen atoms in total. The maximum Gasteiger partial charge on any atom is 0.0865 e. The fourth-order valence-electron chi connectivity index (χ4n) is 0.808. The minimum absolute atomic E-state index is 0.642. The van der Waals surface area contributed by atoms with E-state index in [-0.39, 0.29) is 0 Å².